The van der Waals surface area contributed by atoms with Gasteiger partial charge in [-0.1, -0.05) is 22.0 Å². The van der Waals surface area contributed by atoms with Gasteiger partial charge in [-0.15, -0.1) is 0 Å². The van der Waals surface area contributed by atoms with Crippen molar-refractivity contribution in [1.29, 1.82) is 0 Å². The third-order valence-electron chi connectivity index (χ3n) is 5.27. The molecule has 142 valence electrons. The van der Waals surface area contributed by atoms with E-state index < -0.39 is 5.97 Å². The Morgan fingerprint density at radius 3 is 2.74 bits per heavy atom. The molecule has 0 bridgehead atoms. The summed E-state index contributed by atoms with van der Waals surface area (Å²) in [6.45, 7) is 3.19. The van der Waals surface area contributed by atoms with E-state index in [9.17, 15) is 9.59 Å². The van der Waals surface area contributed by atoms with Gasteiger partial charge in [0, 0.05) is 35.7 Å². The smallest absolute Gasteiger partial charge is 0.306 e. The fourth-order valence-electron chi connectivity index (χ4n) is 3.78. The molecule has 0 saturated carbocycles. The number of carboxylic acids is 1. The van der Waals surface area contributed by atoms with Crippen molar-refractivity contribution in [3.8, 4) is 0 Å². The first-order valence-corrected chi connectivity index (χ1v) is 9.90. The molecule has 7 nitrogen and oxygen atoms in total. The first kappa shape index (κ1) is 18.0. The molecule has 1 amide bonds. The molecular weight excluding hydrogens is 412 g/mol. The van der Waals surface area contributed by atoms with Crippen LogP contribution in [0.4, 0.5) is 0 Å². The molecule has 4 rings (SSSR count). The molecule has 2 aliphatic heterocycles. The molecule has 1 aromatic carbocycles. The summed E-state index contributed by atoms with van der Waals surface area (Å²) in [4.78, 5) is 30.5. The van der Waals surface area contributed by atoms with Crippen LogP contribution < -0.4 is 5.32 Å². The normalized spacial score (nSPS) is 17.8. The third kappa shape index (κ3) is 3.58. The number of benzene rings is 1. The van der Waals surface area contributed by atoms with Crippen molar-refractivity contribution < 1.29 is 14.7 Å². The number of nitrogens with one attached hydrogen (secondary N) is 1. The van der Waals surface area contributed by atoms with E-state index >= 15 is 0 Å². The Kier molecular flexibility index (Phi) is 4.90. The predicted octanol–water partition coefficient (Wildman–Crippen LogP) is 2.34. The highest BCUT2D eigenvalue weighted by Crippen LogP contribution is 2.28. The molecule has 0 unspecified atom stereocenters. The average Bonchev–Trinajstić information content (AvgIpc) is 3.30. The molecule has 2 N–H and O–H groups in total. The van der Waals surface area contributed by atoms with Crippen LogP contribution in [0.5, 0.6) is 0 Å². The number of piperidine rings is 1. The number of amidine groups is 1. The number of fused-ring (bicyclic) bond motifs is 1. The Bertz CT molecular complexity index is 928. The van der Waals surface area contributed by atoms with Gasteiger partial charge in [0.05, 0.1) is 30.1 Å². The highest BCUT2D eigenvalue weighted by Gasteiger charge is 2.29. The van der Waals surface area contributed by atoms with Crippen molar-refractivity contribution in [2.45, 2.75) is 19.4 Å². The molecule has 0 radical (unpaired) electrons. The minimum absolute atomic E-state index is 0.0359. The maximum Gasteiger partial charge on any atom is 0.306 e. The summed E-state index contributed by atoms with van der Waals surface area (Å²) in [7, 11) is 0. The number of aliphatic carboxylic acids is 1. The lowest BCUT2D eigenvalue weighted by Gasteiger charge is -2.30. The van der Waals surface area contributed by atoms with Crippen molar-refractivity contribution in [1.82, 2.24) is 14.8 Å². The zero-order valence-electron chi connectivity index (χ0n) is 14.8. The molecule has 0 spiro atoms. The number of aromatic nitrogens is 1. The lowest BCUT2D eigenvalue weighted by molar-refractivity contribution is -0.143. The van der Waals surface area contributed by atoms with Gasteiger partial charge in [-0.25, -0.2) is 0 Å². The number of halogens is 1. The molecule has 1 aromatic heterocycles. The number of carbonyl (C=O) groups is 2. The second-order valence-corrected chi connectivity index (χ2v) is 7.91. The second-order valence-electron chi connectivity index (χ2n) is 6.99. The SMILES string of the molecule is O=C(O)C1CCN(C(=O)c2cn(CC3=NCCN3)c3cc(Br)ccc23)CC1. The van der Waals surface area contributed by atoms with E-state index in [-0.39, 0.29) is 11.8 Å². The van der Waals surface area contributed by atoms with Crippen molar-refractivity contribution in [3.05, 3.63) is 34.4 Å². The van der Waals surface area contributed by atoms with E-state index in [2.05, 4.69) is 30.8 Å². The zero-order chi connectivity index (χ0) is 19.0. The fraction of sp³-hybridized carbons (Fsp3) is 0.421. The van der Waals surface area contributed by atoms with E-state index in [4.69, 9.17) is 5.11 Å². The maximum absolute atomic E-state index is 13.1. The fourth-order valence-corrected chi connectivity index (χ4v) is 4.13. The van der Waals surface area contributed by atoms with Crippen LogP contribution in [0.25, 0.3) is 10.9 Å². The van der Waals surface area contributed by atoms with Gasteiger partial charge in [0.15, 0.2) is 0 Å². The quantitative estimate of drug-likeness (QED) is 0.775. The zero-order valence-corrected chi connectivity index (χ0v) is 16.4. The Hall–Kier alpha value is -2.35. The van der Waals surface area contributed by atoms with Gasteiger partial charge in [0.1, 0.15) is 5.84 Å². The van der Waals surface area contributed by atoms with Gasteiger partial charge in [-0.3, -0.25) is 14.6 Å². The first-order valence-electron chi connectivity index (χ1n) is 9.10. The largest absolute Gasteiger partial charge is 0.481 e. The number of nitrogens with zero attached hydrogens (tertiary/aromatic N) is 3. The third-order valence-corrected chi connectivity index (χ3v) is 5.76. The van der Waals surface area contributed by atoms with Crippen LogP contribution in [-0.2, 0) is 11.3 Å². The Labute approximate surface area is 165 Å². The van der Waals surface area contributed by atoms with E-state index in [0.717, 1.165) is 34.3 Å². The summed E-state index contributed by atoms with van der Waals surface area (Å²) >= 11 is 3.51. The predicted molar refractivity (Wildman–Crippen MR) is 106 cm³/mol. The van der Waals surface area contributed by atoms with E-state index in [1.807, 2.05) is 24.4 Å². The Morgan fingerprint density at radius 1 is 1.30 bits per heavy atom. The van der Waals surface area contributed by atoms with Crippen LogP contribution in [-0.4, -0.2) is 58.5 Å². The molecule has 27 heavy (non-hydrogen) atoms. The van der Waals surface area contributed by atoms with Gasteiger partial charge in [-0.2, -0.15) is 0 Å². The number of aliphatic imine (C=N–C) groups is 1. The van der Waals surface area contributed by atoms with Crippen LogP contribution in [0.1, 0.15) is 23.2 Å². The van der Waals surface area contributed by atoms with Crippen molar-refractivity contribution in [3.63, 3.8) is 0 Å². The van der Waals surface area contributed by atoms with Crippen LogP contribution in [0.2, 0.25) is 0 Å². The molecule has 2 aromatic rings. The molecule has 1 saturated heterocycles. The van der Waals surface area contributed by atoms with Crippen LogP contribution in [0.15, 0.2) is 33.9 Å². The highest BCUT2D eigenvalue weighted by molar-refractivity contribution is 9.10. The first-order chi connectivity index (χ1) is 13.0. The summed E-state index contributed by atoms with van der Waals surface area (Å²) < 4.78 is 3.01. The van der Waals surface area contributed by atoms with E-state index in [1.54, 1.807) is 4.90 Å². The topological polar surface area (TPSA) is 86.9 Å². The molecule has 8 heteroatoms. The van der Waals surface area contributed by atoms with Gasteiger partial charge < -0.3 is 19.9 Å². The Morgan fingerprint density at radius 2 is 2.07 bits per heavy atom. The van der Waals surface area contributed by atoms with Gasteiger partial charge in [0.25, 0.3) is 5.91 Å². The number of carbonyl (C=O) groups excluding carboxylic acids is 1. The number of hydrogen-bond acceptors (Lipinski definition) is 4. The summed E-state index contributed by atoms with van der Waals surface area (Å²) in [5.41, 5.74) is 1.63. The molecule has 3 heterocycles. The van der Waals surface area contributed by atoms with Gasteiger partial charge in [-0.05, 0) is 25.0 Å². The molecule has 2 aliphatic rings. The lowest BCUT2D eigenvalue weighted by atomic mass is 9.96. The molecular formula is C19H21BrN4O3. The van der Waals surface area contributed by atoms with Crippen molar-refractivity contribution >= 4 is 44.5 Å². The summed E-state index contributed by atoms with van der Waals surface area (Å²) in [5, 5.41) is 13.3. The Balaban J connectivity index is 1.63. The number of amides is 1. The summed E-state index contributed by atoms with van der Waals surface area (Å²) in [6, 6.07) is 5.90. The van der Waals surface area contributed by atoms with E-state index in [1.165, 1.54) is 0 Å². The monoisotopic (exact) mass is 432 g/mol. The van der Waals surface area contributed by atoms with Gasteiger partial charge >= 0.3 is 5.97 Å². The minimum atomic E-state index is -0.770. The summed E-state index contributed by atoms with van der Waals surface area (Å²) in [6.07, 6.45) is 2.91. The van der Waals surface area contributed by atoms with Crippen LogP contribution in [0.3, 0.4) is 0 Å². The average molecular weight is 433 g/mol. The van der Waals surface area contributed by atoms with Crippen LogP contribution in [0, 0.1) is 5.92 Å². The summed E-state index contributed by atoms with van der Waals surface area (Å²) in [5.74, 6) is -0.231. The van der Waals surface area contributed by atoms with Crippen molar-refractivity contribution in [2.75, 3.05) is 26.2 Å². The molecule has 1 fully saturated rings. The number of rotatable bonds is 4. The minimum Gasteiger partial charge on any atom is -0.481 e. The highest BCUT2D eigenvalue weighted by atomic mass is 79.9. The standard InChI is InChI=1S/C19H21BrN4O3/c20-13-1-2-14-15(18(25)23-7-3-12(4-8-23)19(26)27)10-24(16(14)9-13)11-17-21-5-6-22-17/h1-2,9-10,12H,3-8,11H2,(H,21,22)(H,26,27). The number of hydrogen-bond donors (Lipinski definition) is 2. The van der Waals surface area contributed by atoms with E-state index in [0.29, 0.717) is 38.0 Å². The molecule has 0 aliphatic carbocycles. The second kappa shape index (κ2) is 7.34. The van der Waals surface area contributed by atoms with Crippen LogP contribution >= 0.6 is 15.9 Å². The number of likely N-dealkylation sites (tertiary alicyclic amines) is 1. The van der Waals surface area contributed by atoms with Crippen molar-refractivity contribution in [2.24, 2.45) is 10.9 Å². The number of carboxylic acid groups (broad SMARTS) is 1. The lowest BCUT2D eigenvalue weighted by Crippen LogP contribution is -2.40. The van der Waals surface area contributed by atoms with Gasteiger partial charge in [0.2, 0.25) is 0 Å². The maximum atomic E-state index is 13.1. The molecule has 0 atom stereocenters.